The Morgan fingerprint density at radius 1 is 0.646 bits per heavy atom. The van der Waals surface area contributed by atoms with E-state index in [9.17, 15) is 79.2 Å². The van der Waals surface area contributed by atoms with Gasteiger partial charge < -0.3 is 46.2 Å². The van der Waals surface area contributed by atoms with Crippen LogP contribution in [0.25, 0.3) is 5.32 Å². The van der Waals surface area contributed by atoms with Crippen LogP contribution < -0.4 is 0 Å². The first kappa shape index (κ1) is 51.7. The molecule has 0 amide bonds. The van der Waals surface area contributed by atoms with Crippen molar-refractivity contribution in [1.82, 2.24) is 0 Å². The number of rotatable bonds is 20. The predicted octanol–water partition coefficient (Wildman–Crippen LogP) is 5.73. The molecule has 5 aliphatic rings. The summed E-state index contributed by atoms with van der Waals surface area (Å²) in [5.41, 5.74) is -6.64. The first-order valence-electron chi connectivity index (χ1n) is 20.7. The molecule has 5 rings (SSSR count). The van der Waals surface area contributed by atoms with E-state index in [0.717, 1.165) is 0 Å². The number of carbonyl (C=O) groups is 8. The van der Waals surface area contributed by atoms with Gasteiger partial charge in [0.25, 0.3) is 0 Å². The van der Waals surface area contributed by atoms with Crippen molar-refractivity contribution < 1.29 is 96.0 Å². The molecule has 0 aromatic rings. The molecule has 0 aliphatic carbocycles. The van der Waals surface area contributed by atoms with Crippen LogP contribution in [0, 0.1) is 22.2 Å². The molecule has 5 heterocycles. The summed E-state index contributed by atoms with van der Waals surface area (Å²) in [6, 6.07) is 0. The molecule has 0 aromatic carbocycles. The molecule has 1 saturated heterocycles. The summed E-state index contributed by atoms with van der Waals surface area (Å²) in [4.78, 5) is 115. The number of nitrogens with zero attached hydrogens (tertiary/aromatic N) is 4. The van der Waals surface area contributed by atoms with Crippen molar-refractivity contribution in [3.63, 3.8) is 0 Å². The smallest absolute Gasteiger partial charge is 0.677 e. The SMILES string of the molecule is CC12CC3=C(CCC(=O)O)C(C)(CC(=O)O)C(=N3)C=C3[N-]C(C)(C4=C(CC(=O)O)C(C)(CCC(=O)O)C(=N4)CC(=N1)C(CCC(=O)O)=C2CC(=O)O)C(C)(CC(=O)O)C3CCC(=O)O.[Co+2]. The van der Waals surface area contributed by atoms with Crippen molar-refractivity contribution in [1.29, 1.82) is 0 Å². The molecule has 1 radical (unpaired) electrons. The van der Waals surface area contributed by atoms with Crippen LogP contribution >= 0.6 is 0 Å². The van der Waals surface area contributed by atoms with Crippen molar-refractivity contribution in [2.75, 3.05) is 0 Å². The van der Waals surface area contributed by atoms with Crippen LogP contribution in [0.15, 0.2) is 60.4 Å². The van der Waals surface area contributed by atoms with Crippen molar-refractivity contribution in [2.24, 2.45) is 37.1 Å². The molecule has 8 N–H and O–H groups in total. The van der Waals surface area contributed by atoms with Crippen molar-refractivity contribution in [3.05, 3.63) is 50.8 Å². The Balaban J connectivity index is 0.00000925. The van der Waals surface area contributed by atoms with Gasteiger partial charge in [0.2, 0.25) is 0 Å². The molecule has 6 unspecified atom stereocenters. The molecule has 1 fully saturated rings. The zero-order chi connectivity index (χ0) is 47.9. The van der Waals surface area contributed by atoms with Gasteiger partial charge in [-0.25, -0.2) is 0 Å². The van der Waals surface area contributed by atoms with E-state index in [-0.39, 0.29) is 112 Å². The van der Waals surface area contributed by atoms with Gasteiger partial charge in [0.15, 0.2) is 0 Å². The van der Waals surface area contributed by atoms with E-state index >= 15 is 0 Å². The van der Waals surface area contributed by atoms with E-state index in [1.165, 1.54) is 19.9 Å². The van der Waals surface area contributed by atoms with Gasteiger partial charge in [0.05, 0.1) is 31.2 Å². The topological polar surface area (TPSA) is 350 Å². The summed E-state index contributed by atoms with van der Waals surface area (Å²) in [7, 11) is 0. The van der Waals surface area contributed by atoms with E-state index in [1.807, 2.05) is 0 Å². The molecule has 0 saturated carbocycles. The van der Waals surface area contributed by atoms with Crippen molar-refractivity contribution in [3.8, 4) is 0 Å². The van der Waals surface area contributed by atoms with Crippen LogP contribution in [0.3, 0.4) is 0 Å². The molecular formula is C44H53CoN4O16+. The zero-order valence-electron chi connectivity index (χ0n) is 36.5. The number of hydrogen-bond acceptors (Lipinski definition) is 11. The van der Waals surface area contributed by atoms with Gasteiger partial charge in [-0.2, -0.15) is 5.70 Å². The predicted molar refractivity (Wildman–Crippen MR) is 225 cm³/mol. The number of hydrogen-bond donors (Lipinski definition) is 8. The van der Waals surface area contributed by atoms with Crippen LogP contribution in [-0.2, 0) is 55.1 Å². The average Bonchev–Trinajstić information content (AvgIpc) is 3.72. The quantitative estimate of drug-likeness (QED) is 0.0722. The van der Waals surface area contributed by atoms with Gasteiger partial charge in [0.1, 0.15) is 0 Å². The number of allylic oxidation sites excluding steroid dienone is 4. The first-order valence-corrected chi connectivity index (χ1v) is 20.7. The van der Waals surface area contributed by atoms with Crippen molar-refractivity contribution >= 4 is 64.9 Å². The minimum Gasteiger partial charge on any atom is -0.677 e. The molecule has 65 heavy (non-hydrogen) atoms. The van der Waals surface area contributed by atoms with E-state index in [0.29, 0.717) is 0 Å². The fourth-order valence-electron chi connectivity index (χ4n) is 10.5. The Morgan fingerprint density at radius 2 is 1.20 bits per heavy atom. The second-order valence-corrected chi connectivity index (χ2v) is 18.2. The maximum atomic E-state index is 12.9. The summed E-state index contributed by atoms with van der Waals surface area (Å²) >= 11 is 0. The maximum absolute atomic E-state index is 12.9. The van der Waals surface area contributed by atoms with Gasteiger partial charge in [-0.3, -0.25) is 53.3 Å². The molecule has 0 spiro atoms. The van der Waals surface area contributed by atoms with E-state index in [2.05, 4.69) is 0 Å². The van der Waals surface area contributed by atoms with Crippen LogP contribution in [0.4, 0.5) is 0 Å². The van der Waals surface area contributed by atoms with E-state index in [4.69, 9.17) is 20.3 Å². The summed E-state index contributed by atoms with van der Waals surface area (Å²) < 4.78 is 0. The fourth-order valence-corrected chi connectivity index (χ4v) is 10.5. The Hall–Kier alpha value is -5.96. The molecule has 8 bridgehead atoms. The monoisotopic (exact) mass is 952 g/mol. The first-order chi connectivity index (χ1) is 29.6. The maximum Gasteiger partial charge on any atom is 2.00 e. The van der Waals surface area contributed by atoms with Crippen LogP contribution in [0.1, 0.15) is 125 Å². The Morgan fingerprint density at radius 3 is 1.74 bits per heavy atom. The number of aliphatic imine (C=N–C) groups is 3. The van der Waals surface area contributed by atoms with E-state index < -0.39 is 132 Å². The van der Waals surface area contributed by atoms with Gasteiger partial charge >= 0.3 is 64.5 Å². The number of aliphatic carboxylic acids is 8. The second kappa shape index (κ2) is 18.9. The third kappa shape index (κ3) is 9.99. The third-order valence-electron chi connectivity index (χ3n) is 13.9. The minimum atomic E-state index is -1.81. The third-order valence-corrected chi connectivity index (χ3v) is 13.9. The van der Waals surface area contributed by atoms with Gasteiger partial charge in [-0.05, 0) is 73.2 Å². The average molecular weight is 953 g/mol. The number of carboxylic acids is 8. The zero-order valence-corrected chi connectivity index (χ0v) is 37.6. The molecule has 21 heteroatoms. The van der Waals surface area contributed by atoms with Crippen LogP contribution in [-0.4, -0.2) is 117 Å². The largest absolute Gasteiger partial charge is 2.00 e. The van der Waals surface area contributed by atoms with E-state index in [1.54, 1.807) is 20.8 Å². The molecule has 20 nitrogen and oxygen atoms in total. The Bertz CT molecular complexity index is 2360. The standard InChI is InChI=1S/C44H54N4O16.Co/c1-40(13-12-34(55)56)25(15-36(59)60)39-44(5)42(3,20-38(63)64)23(8-11-33(53)54)27(48-44)17-30-41(2,19-37(61)62)22(7-10-32(51)52)28(45-30)18-43(4)24(14-35(57)58)21(6-9-31(49)50)26(47-43)16-29(40)46-39;/h17,23H,6-16,18-20H2,1-5H3,(H9,45,48,49,50,51,52,53,54,55,56,57,58,59,60,61,62,63,64);/q;+2/p-1. The van der Waals surface area contributed by atoms with Crippen molar-refractivity contribution in [2.45, 2.75) is 136 Å². The van der Waals surface area contributed by atoms with Crippen LogP contribution in [0.5, 0.6) is 0 Å². The summed E-state index contributed by atoms with van der Waals surface area (Å²) in [5.74, 6) is -11.3. The van der Waals surface area contributed by atoms with Gasteiger partial charge in [0, 0.05) is 77.9 Å². The molecule has 0 aromatic heterocycles. The molecule has 6 atom stereocenters. The number of fused-ring (bicyclic) bond motifs is 6. The molecular weight excluding hydrogens is 899 g/mol. The number of carboxylic acid groups (broad SMARTS) is 8. The van der Waals surface area contributed by atoms with Gasteiger partial charge in [-0.15, -0.1) is 0 Å². The summed E-state index contributed by atoms with van der Waals surface area (Å²) in [5, 5.41) is 86.4. The van der Waals surface area contributed by atoms with Gasteiger partial charge in [-0.1, -0.05) is 32.4 Å². The second-order valence-electron chi connectivity index (χ2n) is 18.2. The molecule has 353 valence electrons. The van der Waals surface area contributed by atoms with Crippen LogP contribution in [0.2, 0.25) is 0 Å². The summed E-state index contributed by atoms with van der Waals surface area (Å²) in [6.07, 6.45) is -4.62. The fraction of sp³-hybridized carbons (Fsp3) is 0.568. The Kier molecular flexibility index (Phi) is 15.0. The minimum absolute atomic E-state index is 0. The Labute approximate surface area is 383 Å². The summed E-state index contributed by atoms with van der Waals surface area (Å²) in [6.45, 7) is 7.81. The normalized spacial score (nSPS) is 29.1. The molecule has 5 aliphatic heterocycles.